The molecule has 0 aliphatic heterocycles. The molecule has 6 nitrogen and oxygen atoms in total. The van der Waals surface area contributed by atoms with Gasteiger partial charge in [-0.1, -0.05) is 29.5 Å². The molecule has 3 aromatic rings. The number of nitrogens with zero attached hydrogens (tertiary/aromatic N) is 3. The fraction of sp³-hybridized carbons (Fsp3) is 0.316. The second-order valence-electron chi connectivity index (χ2n) is 6.39. The monoisotopic (exact) mass is 336 g/mol. The lowest BCUT2D eigenvalue weighted by molar-refractivity contribution is -0.122. The number of amides is 1. The van der Waals surface area contributed by atoms with Crippen molar-refractivity contribution in [1.29, 1.82) is 0 Å². The Hall–Kier alpha value is -2.89. The van der Waals surface area contributed by atoms with Crippen molar-refractivity contribution in [3.63, 3.8) is 0 Å². The summed E-state index contributed by atoms with van der Waals surface area (Å²) in [4.78, 5) is 12.6. The fourth-order valence-corrected chi connectivity index (χ4v) is 3.10. The number of nitrogens with one attached hydrogen (secondary N) is 1. The van der Waals surface area contributed by atoms with Crippen molar-refractivity contribution in [2.24, 2.45) is 5.92 Å². The van der Waals surface area contributed by atoms with Gasteiger partial charge in [0, 0.05) is 0 Å². The highest BCUT2D eigenvalue weighted by Crippen LogP contribution is 2.41. The van der Waals surface area contributed by atoms with Gasteiger partial charge in [-0.15, -0.1) is 5.10 Å². The molecule has 0 saturated heterocycles. The Morgan fingerprint density at radius 3 is 2.72 bits per heavy atom. The molecule has 0 unspecified atom stereocenters. The Bertz CT molecular complexity index is 884. The Morgan fingerprint density at radius 1 is 1.24 bits per heavy atom. The molecule has 1 aromatic heterocycles. The number of carbonyl (C=O) groups excluding carboxylic acids is 1. The molecule has 1 N–H and O–H groups in total. The van der Waals surface area contributed by atoms with Gasteiger partial charge in [0.1, 0.15) is 17.8 Å². The van der Waals surface area contributed by atoms with E-state index in [2.05, 4.69) is 15.6 Å². The molecule has 1 fully saturated rings. The number of aromatic nitrogens is 3. The van der Waals surface area contributed by atoms with E-state index in [1.54, 1.807) is 11.8 Å². The maximum Gasteiger partial charge on any atom is 0.242 e. The van der Waals surface area contributed by atoms with Gasteiger partial charge in [-0.3, -0.25) is 4.79 Å². The molecule has 0 spiro atoms. The van der Waals surface area contributed by atoms with E-state index < -0.39 is 0 Å². The predicted molar refractivity (Wildman–Crippen MR) is 94.1 cm³/mol. The van der Waals surface area contributed by atoms with Gasteiger partial charge in [0.05, 0.1) is 18.7 Å². The number of rotatable bonds is 6. The SMILES string of the molecule is COc1ccc([C@H](NC(=O)Cn2nnc3ccccc32)C2CC2)cc1. The summed E-state index contributed by atoms with van der Waals surface area (Å²) >= 11 is 0. The summed E-state index contributed by atoms with van der Waals surface area (Å²) in [6.07, 6.45) is 2.28. The van der Waals surface area contributed by atoms with Gasteiger partial charge >= 0.3 is 0 Å². The second kappa shape index (κ2) is 6.55. The normalized spacial score (nSPS) is 15.1. The number of hydrogen-bond donors (Lipinski definition) is 1. The number of methoxy groups -OCH3 is 1. The Kier molecular flexibility index (Phi) is 4.09. The van der Waals surface area contributed by atoms with Gasteiger partial charge in [-0.2, -0.15) is 0 Å². The third-order valence-corrected chi connectivity index (χ3v) is 4.60. The molecule has 0 bridgehead atoms. The maximum atomic E-state index is 12.6. The number of para-hydroxylation sites is 1. The summed E-state index contributed by atoms with van der Waals surface area (Å²) < 4.78 is 6.85. The molecule has 128 valence electrons. The van der Waals surface area contributed by atoms with Crippen LogP contribution in [-0.4, -0.2) is 28.0 Å². The second-order valence-corrected chi connectivity index (χ2v) is 6.39. The minimum absolute atomic E-state index is 0.0354. The van der Waals surface area contributed by atoms with Crippen LogP contribution in [-0.2, 0) is 11.3 Å². The molecule has 1 heterocycles. The molecular formula is C19H20N4O2. The predicted octanol–water partition coefficient (Wildman–Crippen LogP) is 2.71. The third kappa shape index (κ3) is 3.33. The van der Waals surface area contributed by atoms with Crippen molar-refractivity contribution in [2.75, 3.05) is 7.11 Å². The molecule has 6 heteroatoms. The maximum absolute atomic E-state index is 12.6. The quantitative estimate of drug-likeness (QED) is 0.751. The van der Waals surface area contributed by atoms with E-state index >= 15 is 0 Å². The summed E-state index contributed by atoms with van der Waals surface area (Å²) in [5.41, 5.74) is 2.77. The molecule has 2 aromatic carbocycles. The molecule has 1 saturated carbocycles. The van der Waals surface area contributed by atoms with Crippen LogP contribution in [0.1, 0.15) is 24.4 Å². The summed E-state index contributed by atoms with van der Waals surface area (Å²) in [7, 11) is 1.65. The minimum atomic E-state index is -0.0524. The van der Waals surface area contributed by atoms with Crippen LogP contribution in [0, 0.1) is 5.92 Å². The average Bonchev–Trinajstić information content (AvgIpc) is 3.42. The van der Waals surface area contributed by atoms with Crippen molar-refractivity contribution in [1.82, 2.24) is 20.3 Å². The van der Waals surface area contributed by atoms with E-state index in [-0.39, 0.29) is 18.5 Å². The van der Waals surface area contributed by atoms with Gasteiger partial charge < -0.3 is 10.1 Å². The van der Waals surface area contributed by atoms with Gasteiger partial charge in [-0.25, -0.2) is 4.68 Å². The first-order valence-electron chi connectivity index (χ1n) is 8.46. The van der Waals surface area contributed by atoms with Gasteiger partial charge in [0.25, 0.3) is 0 Å². The lowest BCUT2D eigenvalue weighted by Crippen LogP contribution is -2.33. The van der Waals surface area contributed by atoms with Crippen LogP contribution in [0.15, 0.2) is 48.5 Å². The van der Waals surface area contributed by atoms with E-state index in [1.807, 2.05) is 48.5 Å². The Balaban J connectivity index is 1.49. The molecule has 25 heavy (non-hydrogen) atoms. The van der Waals surface area contributed by atoms with E-state index in [9.17, 15) is 4.79 Å². The van der Waals surface area contributed by atoms with Crippen molar-refractivity contribution >= 4 is 16.9 Å². The molecular weight excluding hydrogens is 316 g/mol. The summed E-state index contributed by atoms with van der Waals surface area (Å²) in [6, 6.07) is 15.6. The van der Waals surface area contributed by atoms with Gasteiger partial charge in [0.2, 0.25) is 5.91 Å². The zero-order valence-corrected chi connectivity index (χ0v) is 14.1. The van der Waals surface area contributed by atoms with Gasteiger partial charge in [-0.05, 0) is 48.6 Å². The largest absolute Gasteiger partial charge is 0.497 e. The third-order valence-electron chi connectivity index (χ3n) is 4.60. The van der Waals surface area contributed by atoms with Gasteiger partial charge in [0.15, 0.2) is 0 Å². The van der Waals surface area contributed by atoms with E-state index in [4.69, 9.17) is 4.74 Å². The summed E-state index contributed by atoms with van der Waals surface area (Å²) in [6.45, 7) is 0.167. The lowest BCUT2D eigenvalue weighted by atomic mass is 10.0. The van der Waals surface area contributed by atoms with Crippen LogP contribution in [0.4, 0.5) is 0 Å². The van der Waals surface area contributed by atoms with E-state index in [1.165, 1.54) is 0 Å². The number of fused-ring (bicyclic) bond motifs is 1. The zero-order chi connectivity index (χ0) is 17.2. The smallest absolute Gasteiger partial charge is 0.242 e. The van der Waals surface area contributed by atoms with Crippen LogP contribution < -0.4 is 10.1 Å². The summed E-state index contributed by atoms with van der Waals surface area (Å²) in [5.74, 6) is 1.27. The lowest BCUT2D eigenvalue weighted by Gasteiger charge is -2.19. The van der Waals surface area contributed by atoms with Crippen LogP contribution in [0.25, 0.3) is 11.0 Å². The minimum Gasteiger partial charge on any atom is -0.497 e. The first-order chi connectivity index (χ1) is 12.2. The van der Waals surface area contributed by atoms with Crippen LogP contribution in [0.3, 0.4) is 0 Å². The first-order valence-corrected chi connectivity index (χ1v) is 8.46. The topological polar surface area (TPSA) is 69.0 Å². The molecule has 1 aliphatic carbocycles. The van der Waals surface area contributed by atoms with Crippen molar-refractivity contribution in [3.8, 4) is 5.75 Å². The van der Waals surface area contributed by atoms with Crippen molar-refractivity contribution in [2.45, 2.75) is 25.4 Å². The molecule has 4 rings (SSSR count). The highest BCUT2D eigenvalue weighted by atomic mass is 16.5. The zero-order valence-electron chi connectivity index (χ0n) is 14.1. The fourth-order valence-electron chi connectivity index (χ4n) is 3.10. The van der Waals surface area contributed by atoms with E-state index in [0.717, 1.165) is 35.2 Å². The number of hydrogen-bond acceptors (Lipinski definition) is 4. The van der Waals surface area contributed by atoms with Crippen molar-refractivity contribution < 1.29 is 9.53 Å². The number of ether oxygens (including phenoxy) is 1. The Morgan fingerprint density at radius 2 is 2.00 bits per heavy atom. The highest BCUT2D eigenvalue weighted by Gasteiger charge is 2.33. The first kappa shape index (κ1) is 15.6. The van der Waals surface area contributed by atoms with Crippen molar-refractivity contribution in [3.05, 3.63) is 54.1 Å². The summed E-state index contributed by atoms with van der Waals surface area (Å²) in [5, 5.41) is 11.3. The Labute approximate surface area is 145 Å². The molecule has 1 atom stereocenters. The van der Waals surface area contributed by atoms with Crippen LogP contribution in [0.5, 0.6) is 5.75 Å². The molecule has 0 radical (unpaired) electrons. The molecule has 1 aliphatic rings. The molecule has 1 amide bonds. The average molecular weight is 336 g/mol. The standard InChI is InChI=1S/C19H20N4O2/c1-25-15-10-8-14(9-11-15)19(13-6-7-13)20-18(24)12-23-17-5-3-2-4-16(17)21-22-23/h2-5,8-11,13,19H,6-7,12H2,1H3,(H,20,24)/t19-/m1/s1. The van der Waals surface area contributed by atoms with Crippen LogP contribution in [0.2, 0.25) is 0 Å². The number of benzene rings is 2. The van der Waals surface area contributed by atoms with Crippen LogP contribution >= 0.6 is 0 Å². The van der Waals surface area contributed by atoms with E-state index in [0.29, 0.717) is 5.92 Å². The highest BCUT2D eigenvalue weighted by molar-refractivity contribution is 5.80. The number of carbonyl (C=O) groups is 1.